The number of rotatable bonds is 3. The summed E-state index contributed by atoms with van der Waals surface area (Å²) < 4.78 is 5.42. The second-order valence-corrected chi connectivity index (χ2v) is 4.94. The van der Waals surface area contributed by atoms with Gasteiger partial charge in [-0.1, -0.05) is 28.9 Å². The first-order valence-corrected chi connectivity index (χ1v) is 6.65. The summed E-state index contributed by atoms with van der Waals surface area (Å²) in [5.41, 5.74) is 7.19. The topological polar surface area (TPSA) is 71.1 Å². The number of amidine groups is 1. The number of hydrogen-bond donors (Lipinski definition) is 2. The first kappa shape index (κ1) is 14.1. The second-order valence-electron chi connectivity index (χ2n) is 4.53. The Balaban J connectivity index is 2.08. The Labute approximate surface area is 117 Å². The molecule has 0 radical (unpaired) electrons. The van der Waals surface area contributed by atoms with Crippen molar-refractivity contribution in [1.82, 2.24) is 4.90 Å². The number of nitrogens with two attached hydrogens (primary N) is 1. The van der Waals surface area contributed by atoms with E-state index in [1.807, 2.05) is 12.1 Å². The van der Waals surface area contributed by atoms with Crippen LogP contribution in [0.1, 0.15) is 17.5 Å². The van der Waals surface area contributed by atoms with E-state index in [9.17, 15) is 0 Å². The van der Waals surface area contributed by atoms with Crippen LogP contribution in [0.15, 0.2) is 23.4 Å². The summed E-state index contributed by atoms with van der Waals surface area (Å²) in [5.74, 6) is 0.0663. The van der Waals surface area contributed by atoms with E-state index in [1.54, 1.807) is 6.07 Å². The first-order chi connectivity index (χ1) is 9.20. The van der Waals surface area contributed by atoms with Gasteiger partial charge in [0.15, 0.2) is 5.84 Å². The first-order valence-electron chi connectivity index (χ1n) is 6.27. The van der Waals surface area contributed by atoms with Crippen LogP contribution in [-0.4, -0.2) is 42.2 Å². The van der Waals surface area contributed by atoms with Gasteiger partial charge in [-0.15, -0.1) is 0 Å². The lowest BCUT2D eigenvalue weighted by atomic mass is 10.1. The van der Waals surface area contributed by atoms with Gasteiger partial charge < -0.3 is 15.7 Å². The van der Waals surface area contributed by atoms with Crippen LogP contribution >= 0.6 is 11.6 Å². The van der Waals surface area contributed by atoms with Crippen molar-refractivity contribution < 1.29 is 9.94 Å². The molecule has 0 bridgehead atoms. The molecule has 6 heteroatoms. The summed E-state index contributed by atoms with van der Waals surface area (Å²) >= 11 is 6.24. The van der Waals surface area contributed by atoms with Gasteiger partial charge in [0, 0.05) is 36.8 Å². The van der Waals surface area contributed by atoms with E-state index in [0.29, 0.717) is 10.6 Å². The van der Waals surface area contributed by atoms with Gasteiger partial charge in [0.05, 0.1) is 6.61 Å². The highest BCUT2D eigenvalue weighted by atomic mass is 35.5. The van der Waals surface area contributed by atoms with Crippen molar-refractivity contribution in [2.75, 3.05) is 26.3 Å². The molecule has 1 aliphatic rings. The maximum atomic E-state index is 8.64. The van der Waals surface area contributed by atoms with Gasteiger partial charge in [-0.3, -0.25) is 4.90 Å². The number of hydrogen-bond acceptors (Lipinski definition) is 4. The van der Waals surface area contributed by atoms with E-state index in [4.69, 9.17) is 27.3 Å². The Morgan fingerprint density at radius 3 is 3.00 bits per heavy atom. The summed E-state index contributed by atoms with van der Waals surface area (Å²) in [7, 11) is 0. The second kappa shape index (κ2) is 6.75. The lowest BCUT2D eigenvalue weighted by molar-refractivity contribution is 0.140. The predicted octanol–water partition coefficient (Wildman–Crippen LogP) is 1.66. The van der Waals surface area contributed by atoms with Gasteiger partial charge in [0.2, 0.25) is 0 Å². The van der Waals surface area contributed by atoms with Crippen LogP contribution in [0, 0.1) is 0 Å². The van der Waals surface area contributed by atoms with Crippen molar-refractivity contribution >= 4 is 17.4 Å². The Hall–Kier alpha value is -1.30. The average molecular weight is 284 g/mol. The molecule has 1 aromatic rings. The largest absolute Gasteiger partial charge is 0.409 e. The molecule has 0 aliphatic carbocycles. The van der Waals surface area contributed by atoms with Gasteiger partial charge in [-0.2, -0.15) is 0 Å². The Kier molecular flexibility index (Phi) is 5.01. The maximum absolute atomic E-state index is 8.64. The summed E-state index contributed by atoms with van der Waals surface area (Å²) in [6.45, 7) is 4.31. The third-order valence-electron chi connectivity index (χ3n) is 3.17. The van der Waals surface area contributed by atoms with Crippen molar-refractivity contribution in [3.63, 3.8) is 0 Å². The molecule has 5 nitrogen and oxygen atoms in total. The normalized spacial score (nSPS) is 18.3. The van der Waals surface area contributed by atoms with Crippen LogP contribution in [0.25, 0.3) is 0 Å². The lowest BCUT2D eigenvalue weighted by Crippen LogP contribution is -2.26. The zero-order chi connectivity index (χ0) is 13.7. The highest BCUT2D eigenvalue weighted by Gasteiger charge is 2.12. The molecule has 1 aliphatic heterocycles. The van der Waals surface area contributed by atoms with Crippen molar-refractivity contribution in [1.29, 1.82) is 0 Å². The van der Waals surface area contributed by atoms with E-state index in [0.717, 1.165) is 44.8 Å². The maximum Gasteiger partial charge on any atom is 0.170 e. The van der Waals surface area contributed by atoms with E-state index < -0.39 is 0 Å². The molecule has 19 heavy (non-hydrogen) atoms. The standard InChI is InChI=1S/C13H18ClN3O2/c14-12-8-10(13(15)16-18)2-3-11(12)9-17-4-1-6-19-7-5-17/h2-3,8,18H,1,4-7,9H2,(H2,15,16). The number of halogens is 1. The molecule has 2 rings (SSSR count). The predicted molar refractivity (Wildman–Crippen MR) is 74.7 cm³/mol. The van der Waals surface area contributed by atoms with Gasteiger partial charge in [-0.05, 0) is 18.1 Å². The number of oxime groups is 1. The Morgan fingerprint density at radius 2 is 2.26 bits per heavy atom. The van der Waals surface area contributed by atoms with Crippen molar-refractivity contribution in [2.24, 2.45) is 10.9 Å². The molecule has 1 saturated heterocycles. The Bertz CT molecular complexity index is 457. The molecule has 1 aromatic carbocycles. The van der Waals surface area contributed by atoms with E-state index in [-0.39, 0.29) is 5.84 Å². The average Bonchev–Trinajstić information content (AvgIpc) is 2.68. The fourth-order valence-corrected chi connectivity index (χ4v) is 2.33. The fourth-order valence-electron chi connectivity index (χ4n) is 2.09. The third kappa shape index (κ3) is 3.83. The SMILES string of the molecule is N/C(=N/O)c1ccc(CN2CCCOCC2)c(Cl)c1. The minimum absolute atomic E-state index is 0.0663. The summed E-state index contributed by atoms with van der Waals surface area (Å²) in [6.07, 6.45) is 1.04. The molecular formula is C13H18ClN3O2. The zero-order valence-corrected chi connectivity index (χ0v) is 11.4. The van der Waals surface area contributed by atoms with E-state index in [2.05, 4.69) is 10.1 Å². The lowest BCUT2D eigenvalue weighted by Gasteiger charge is -2.20. The smallest absolute Gasteiger partial charge is 0.170 e. The number of benzene rings is 1. The summed E-state index contributed by atoms with van der Waals surface area (Å²) in [5, 5.41) is 12.2. The minimum Gasteiger partial charge on any atom is -0.409 e. The highest BCUT2D eigenvalue weighted by Crippen LogP contribution is 2.20. The zero-order valence-electron chi connectivity index (χ0n) is 10.7. The van der Waals surface area contributed by atoms with Gasteiger partial charge in [0.1, 0.15) is 0 Å². The quantitative estimate of drug-likeness (QED) is 0.383. The minimum atomic E-state index is 0.0663. The molecule has 0 spiro atoms. The van der Waals surface area contributed by atoms with Gasteiger partial charge >= 0.3 is 0 Å². The molecule has 1 fully saturated rings. The van der Waals surface area contributed by atoms with E-state index in [1.165, 1.54) is 0 Å². The van der Waals surface area contributed by atoms with Crippen LogP contribution in [0.5, 0.6) is 0 Å². The number of nitrogens with zero attached hydrogens (tertiary/aromatic N) is 2. The van der Waals surface area contributed by atoms with Crippen LogP contribution in [-0.2, 0) is 11.3 Å². The van der Waals surface area contributed by atoms with E-state index >= 15 is 0 Å². The van der Waals surface area contributed by atoms with Crippen LogP contribution in [0.3, 0.4) is 0 Å². The van der Waals surface area contributed by atoms with Crippen LogP contribution in [0.4, 0.5) is 0 Å². The molecule has 0 unspecified atom stereocenters. The van der Waals surface area contributed by atoms with Gasteiger partial charge in [0.25, 0.3) is 0 Å². The molecule has 0 amide bonds. The molecule has 0 atom stereocenters. The van der Waals surface area contributed by atoms with Crippen molar-refractivity contribution in [2.45, 2.75) is 13.0 Å². The molecule has 0 aromatic heterocycles. The fraction of sp³-hybridized carbons (Fsp3) is 0.462. The molecule has 104 valence electrons. The van der Waals surface area contributed by atoms with Gasteiger partial charge in [-0.25, -0.2) is 0 Å². The molecule has 1 heterocycles. The van der Waals surface area contributed by atoms with Crippen LogP contribution in [0.2, 0.25) is 5.02 Å². The molecule has 3 N–H and O–H groups in total. The monoisotopic (exact) mass is 283 g/mol. The Morgan fingerprint density at radius 1 is 1.42 bits per heavy atom. The third-order valence-corrected chi connectivity index (χ3v) is 3.52. The van der Waals surface area contributed by atoms with Crippen molar-refractivity contribution in [3.8, 4) is 0 Å². The molecule has 0 saturated carbocycles. The summed E-state index contributed by atoms with van der Waals surface area (Å²) in [4.78, 5) is 2.32. The van der Waals surface area contributed by atoms with Crippen molar-refractivity contribution in [3.05, 3.63) is 34.3 Å². The van der Waals surface area contributed by atoms with Crippen LogP contribution < -0.4 is 5.73 Å². The molecular weight excluding hydrogens is 266 g/mol. The number of ether oxygens (including phenoxy) is 1. The highest BCUT2D eigenvalue weighted by molar-refractivity contribution is 6.31. The summed E-state index contributed by atoms with van der Waals surface area (Å²) in [6, 6.07) is 5.45.